The number of halogens is 1. The molecule has 4 aromatic rings. The topological polar surface area (TPSA) is 154 Å². The minimum atomic E-state index is -0.121. The fraction of sp³-hybridized carbons (Fsp3) is 0.370. The number of fused-ring (bicyclic) bond motifs is 2. The lowest BCUT2D eigenvalue weighted by Gasteiger charge is -2.26. The predicted octanol–water partition coefficient (Wildman–Crippen LogP) is 3.34. The van der Waals surface area contributed by atoms with Crippen molar-refractivity contribution in [2.75, 3.05) is 26.3 Å². The van der Waals surface area contributed by atoms with Crippen LogP contribution < -0.4 is 5.32 Å². The Labute approximate surface area is 243 Å². The second-order valence-electron chi connectivity index (χ2n) is 10.3. The standard InChI is InChI=1S/C27H28IN9O3/c1-14(2)7-21(38)32-19-12-29-10-17(22(19)28)15-8-16-24(35-36-25(16)31-9-15)26-33-20-13-30-11-18(23(20)34-26)27(39)37-3-5-40-6-4-37/h8-14,17,22H,3-7H2,1-2H3,(H,32,38)(H,33,34)(H,31,35,36)/t17?,22-/m1/s1. The third-order valence-corrected chi connectivity index (χ3v) is 8.37. The van der Waals surface area contributed by atoms with Crippen LogP contribution in [0.25, 0.3) is 33.6 Å². The van der Waals surface area contributed by atoms with E-state index in [9.17, 15) is 9.59 Å². The Morgan fingerprint density at radius 3 is 2.85 bits per heavy atom. The van der Waals surface area contributed by atoms with Crippen molar-refractivity contribution >= 4 is 62.7 Å². The van der Waals surface area contributed by atoms with Crippen LogP contribution in [0.5, 0.6) is 0 Å². The molecule has 1 unspecified atom stereocenters. The number of imidazole rings is 1. The lowest BCUT2D eigenvalue weighted by molar-refractivity contribution is -0.121. The quantitative estimate of drug-likeness (QED) is 0.213. The summed E-state index contributed by atoms with van der Waals surface area (Å²) in [6.07, 6.45) is 9.04. The van der Waals surface area contributed by atoms with Gasteiger partial charge in [-0.2, -0.15) is 5.10 Å². The van der Waals surface area contributed by atoms with Gasteiger partial charge >= 0.3 is 0 Å². The molecule has 0 aromatic carbocycles. The van der Waals surface area contributed by atoms with Crippen molar-refractivity contribution in [2.24, 2.45) is 10.9 Å². The zero-order chi connectivity index (χ0) is 27.8. The average molecular weight is 653 g/mol. The van der Waals surface area contributed by atoms with Gasteiger partial charge in [0.15, 0.2) is 11.5 Å². The molecule has 13 heteroatoms. The van der Waals surface area contributed by atoms with Crippen molar-refractivity contribution in [1.29, 1.82) is 0 Å². The molecule has 0 radical (unpaired) electrons. The van der Waals surface area contributed by atoms with Gasteiger partial charge in [-0.15, -0.1) is 0 Å². The average Bonchev–Trinajstić information content (AvgIpc) is 3.57. The van der Waals surface area contributed by atoms with Crippen LogP contribution in [-0.4, -0.2) is 83.3 Å². The monoisotopic (exact) mass is 653 g/mol. The Hall–Kier alpha value is -3.72. The van der Waals surface area contributed by atoms with Gasteiger partial charge in [0.05, 0.1) is 39.8 Å². The number of carbonyl (C=O) groups is 2. The highest BCUT2D eigenvalue weighted by Gasteiger charge is 2.28. The van der Waals surface area contributed by atoms with Crippen molar-refractivity contribution < 1.29 is 14.3 Å². The van der Waals surface area contributed by atoms with Gasteiger partial charge in [0.2, 0.25) is 5.91 Å². The first-order valence-corrected chi connectivity index (χ1v) is 14.4. The minimum absolute atomic E-state index is 0.0182. The number of nitrogens with zero attached hydrogens (tertiary/aromatic N) is 6. The highest BCUT2D eigenvalue weighted by atomic mass is 127. The van der Waals surface area contributed by atoms with E-state index in [0.29, 0.717) is 66.5 Å². The molecule has 6 rings (SSSR count). The Balaban J connectivity index is 1.31. The first-order valence-electron chi connectivity index (χ1n) is 13.1. The summed E-state index contributed by atoms with van der Waals surface area (Å²) in [6, 6.07) is 2.02. The van der Waals surface area contributed by atoms with Crippen LogP contribution in [0.1, 0.15) is 42.1 Å². The van der Waals surface area contributed by atoms with Crippen molar-refractivity contribution in [3.05, 3.63) is 47.7 Å². The number of alkyl halides is 1. The van der Waals surface area contributed by atoms with Crippen LogP contribution in [-0.2, 0) is 9.53 Å². The van der Waals surface area contributed by atoms with E-state index in [1.54, 1.807) is 29.7 Å². The molecule has 0 aliphatic carbocycles. The number of ether oxygens (including phenoxy) is 1. The molecule has 6 heterocycles. The fourth-order valence-electron chi connectivity index (χ4n) is 4.92. The van der Waals surface area contributed by atoms with Crippen LogP contribution >= 0.6 is 22.6 Å². The largest absolute Gasteiger partial charge is 0.378 e. The number of allylic oxidation sites excluding steroid dienone is 1. The first-order chi connectivity index (χ1) is 19.4. The maximum absolute atomic E-state index is 13.2. The number of rotatable bonds is 6. The SMILES string of the molecule is CC(C)CC(=O)NC1=CN=CC(c2cnc3[nH]nc(-c4nc5c(C(=O)N6CCOCC6)cncc5[nH]4)c3c2)[C@H]1I. The molecule has 12 nitrogen and oxygen atoms in total. The number of amides is 2. The molecule has 40 heavy (non-hydrogen) atoms. The summed E-state index contributed by atoms with van der Waals surface area (Å²) in [5, 5.41) is 11.3. The van der Waals surface area contributed by atoms with Crippen LogP contribution in [0.2, 0.25) is 0 Å². The van der Waals surface area contributed by atoms with Gasteiger partial charge in [-0.1, -0.05) is 36.4 Å². The lowest BCUT2D eigenvalue weighted by atomic mass is 9.94. The smallest absolute Gasteiger partial charge is 0.257 e. The maximum Gasteiger partial charge on any atom is 0.257 e. The lowest BCUT2D eigenvalue weighted by Crippen LogP contribution is -2.40. The summed E-state index contributed by atoms with van der Waals surface area (Å²) >= 11 is 2.34. The van der Waals surface area contributed by atoms with Gasteiger partial charge < -0.3 is 19.9 Å². The highest BCUT2D eigenvalue weighted by molar-refractivity contribution is 14.1. The van der Waals surface area contributed by atoms with E-state index >= 15 is 0 Å². The summed E-state index contributed by atoms with van der Waals surface area (Å²) < 4.78 is 5.35. The first kappa shape index (κ1) is 26.5. The number of aromatic nitrogens is 6. The van der Waals surface area contributed by atoms with Crippen molar-refractivity contribution in [3.63, 3.8) is 0 Å². The van der Waals surface area contributed by atoms with Crippen LogP contribution in [0.4, 0.5) is 0 Å². The number of morpholine rings is 1. The van der Waals surface area contributed by atoms with E-state index in [0.717, 1.165) is 16.6 Å². The van der Waals surface area contributed by atoms with Crippen LogP contribution in [0.15, 0.2) is 41.5 Å². The molecule has 1 fully saturated rings. The Morgan fingerprint density at radius 2 is 2.05 bits per heavy atom. The molecule has 1 saturated heterocycles. The summed E-state index contributed by atoms with van der Waals surface area (Å²) in [7, 11) is 0. The minimum Gasteiger partial charge on any atom is -0.378 e. The van der Waals surface area contributed by atoms with E-state index in [4.69, 9.17) is 9.72 Å². The maximum atomic E-state index is 13.2. The van der Waals surface area contributed by atoms with E-state index in [1.807, 2.05) is 26.1 Å². The van der Waals surface area contributed by atoms with E-state index < -0.39 is 0 Å². The molecule has 206 valence electrons. The zero-order valence-corrected chi connectivity index (χ0v) is 24.2. The van der Waals surface area contributed by atoms with Gasteiger partial charge in [0.25, 0.3) is 5.91 Å². The second-order valence-corrected chi connectivity index (χ2v) is 11.6. The number of aliphatic imine (C=N–C) groups is 1. The van der Waals surface area contributed by atoms with Crippen molar-refractivity contribution in [1.82, 2.24) is 40.3 Å². The number of carbonyl (C=O) groups excluding carboxylic acids is 2. The van der Waals surface area contributed by atoms with E-state index in [1.165, 1.54) is 0 Å². The number of aromatic amines is 2. The van der Waals surface area contributed by atoms with Crippen molar-refractivity contribution in [2.45, 2.75) is 30.1 Å². The Kier molecular flexibility index (Phi) is 7.31. The highest BCUT2D eigenvalue weighted by Crippen LogP contribution is 2.34. The number of hydrogen-bond donors (Lipinski definition) is 3. The number of H-pyrrole nitrogens is 2. The van der Waals surface area contributed by atoms with Gasteiger partial charge in [0, 0.05) is 55.9 Å². The molecule has 0 spiro atoms. The molecule has 2 aliphatic rings. The Morgan fingerprint density at radius 1 is 1.23 bits per heavy atom. The Bertz CT molecular complexity index is 1650. The summed E-state index contributed by atoms with van der Waals surface area (Å²) in [5.74, 6) is 0.538. The van der Waals surface area contributed by atoms with Crippen molar-refractivity contribution in [3.8, 4) is 11.5 Å². The van der Waals surface area contributed by atoms with E-state index in [2.05, 4.69) is 58.0 Å². The van der Waals surface area contributed by atoms with Crippen LogP contribution in [0.3, 0.4) is 0 Å². The molecule has 0 saturated carbocycles. The van der Waals surface area contributed by atoms with Gasteiger partial charge in [-0.3, -0.25) is 24.7 Å². The molecule has 3 N–H and O–H groups in total. The molecular formula is C27H28IN9O3. The van der Waals surface area contributed by atoms with Gasteiger partial charge in [0.1, 0.15) is 11.2 Å². The molecule has 2 amide bonds. The molecular weight excluding hydrogens is 625 g/mol. The summed E-state index contributed by atoms with van der Waals surface area (Å²) in [6.45, 7) is 6.13. The van der Waals surface area contributed by atoms with E-state index in [-0.39, 0.29) is 27.6 Å². The molecule has 2 atom stereocenters. The molecule has 0 bridgehead atoms. The number of pyridine rings is 2. The van der Waals surface area contributed by atoms with Crippen LogP contribution in [0, 0.1) is 5.92 Å². The zero-order valence-electron chi connectivity index (χ0n) is 22.0. The fourth-order valence-corrected chi connectivity index (χ4v) is 5.83. The number of nitrogens with one attached hydrogen (secondary N) is 3. The second kappa shape index (κ2) is 11.0. The molecule has 2 aliphatic heterocycles. The predicted molar refractivity (Wildman–Crippen MR) is 158 cm³/mol. The third-order valence-electron chi connectivity index (χ3n) is 6.92. The van der Waals surface area contributed by atoms with Gasteiger partial charge in [-0.25, -0.2) is 9.97 Å². The summed E-state index contributed by atoms with van der Waals surface area (Å²) in [5.41, 5.74) is 4.53. The summed E-state index contributed by atoms with van der Waals surface area (Å²) in [4.78, 5) is 48.7. The molecule has 4 aromatic heterocycles. The van der Waals surface area contributed by atoms with Gasteiger partial charge in [-0.05, 0) is 17.5 Å². The number of hydrogen-bond acceptors (Lipinski definition) is 8. The normalized spacial score (nSPS) is 19.4. The third kappa shape index (κ3) is 5.10.